The Morgan fingerprint density at radius 1 is 0.566 bits per heavy atom. The van der Waals surface area contributed by atoms with E-state index in [0.29, 0.717) is 12.0 Å². The van der Waals surface area contributed by atoms with Crippen LogP contribution in [0.3, 0.4) is 0 Å². The van der Waals surface area contributed by atoms with E-state index in [2.05, 4.69) is 20.9 Å². The van der Waals surface area contributed by atoms with Crippen LogP contribution in [0.15, 0.2) is 54.7 Å². The van der Waals surface area contributed by atoms with Crippen LogP contribution in [0.1, 0.15) is 148 Å². The van der Waals surface area contributed by atoms with Gasteiger partial charge in [-0.15, -0.1) is 0 Å². The summed E-state index contributed by atoms with van der Waals surface area (Å²) in [4.78, 5) is 38.0. The lowest BCUT2D eigenvalue weighted by Gasteiger charge is -2.37. The minimum atomic E-state index is -0.269. The predicted octanol–water partition coefficient (Wildman–Crippen LogP) is 7.93. The summed E-state index contributed by atoms with van der Waals surface area (Å²) in [5.74, 6) is -0.00421. The van der Waals surface area contributed by atoms with E-state index in [0.717, 1.165) is 50.2 Å². The Balaban J connectivity index is 0.000000209. The van der Waals surface area contributed by atoms with Gasteiger partial charge in [-0.3, -0.25) is 19.4 Å². The van der Waals surface area contributed by atoms with Gasteiger partial charge in [-0.05, 0) is 94.6 Å². The number of nitrogens with one attached hydrogen (secondary N) is 3. The molecule has 6 atom stereocenters. The van der Waals surface area contributed by atoms with E-state index >= 15 is 0 Å². The van der Waals surface area contributed by atoms with Crippen molar-refractivity contribution < 1.29 is 28.6 Å². The zero-order valence-electron chi connectivity index (χ0n) is 33.2. The molecule has 6 rings (SSSR count). The first-order chi connectivity index (χ1) is 25.8. The third-order valence-electron chi connectivity index (χ3n) is 10.3. The van der Waals surface area contributed by atoms with Gasteiger partial charge in [0.25, 0.3) is 0 Å². The molecular formula is C43H68N4O6. The van der Waals surface area contributed by atoms with Crippen LogP contribution in [0.5, 0.6) is 0 Å². The molecule has 1 aromatic carbocycles. The van der Waals surface area contributed by atoms with Crippen molar-refractivity contribution in [3.8, 4) is 0 Å². The van der Waals surface area contributed by atoms with Crippen molar-refractivity contribution in [2.75, 3.05) is 19.6 Å². The Labute approximate surface area is 319 Å². The standard InChI is InChI=1S/C14H25NO2.C14H19NO2.C13H18N2O2.C2H6/c2*1-11(16)17-14(12-7-3-2-4-8-12)13-9-5-6-10-15-13;1-10(16)17-13(11-6-2-4-8-14-11)12-7-3-5-9-15-12;1-2/h12-15H,2-10H2,1H3;2-4,7-8,13-15H,5-6,9-10H2,1H3;2,4,6,8,12-13,15H,3,5,7,9H2,1H3;1-2H3. The summed E-state index contributed by atoms with van der Waals surface area (Å²) in [6.45, 7) is 11.5. The Hall–Kier alpha value is -3.34. The highest BCUT2D eigenvalue weighted by atomic mass is 16.6. The number of ether oxygens (including phenoxy) is 3. The van der Waals surface area contributed by atoms with Crippen molar-refractivity contribution in [2.45, 2.75) is 161 Å². The predicted molar refractivity (Wildman–Crippen MR) is 210 cm³/mol. The number of carbonyl (C=O) groups is 3. The maximum Gasteiger partial charge on any atom is 0.303 e. The summed E-state index contributed by atoms with van der Waals surface area (Å²) in [6, 6.07) is 16.5. The van der Waals surface area contributed by atoms with Crippen molar-refractivity contribution in [3.05, 3.63) is 66.0 Å². The number of hydrogen-bond acceptors (Lipinski definition) is 10. The van der Waals surface area contributed by atoms with Crippen LogP contribution in [0.2, 0.25) is 0 Å². The topological polar surface area (TPSA) is 128 Å². The molecule has 4 heterocycles. The molecule has 4 aliphatic rings. The molecule has 1 aromatic heterocycles. The molecule has 0 bridgehead atoms. The zero-order chi connectivity index (χ0) is 38.3. The number of benzene rings is 1. The molecular weight excluding hydrogens is 668 g/mol. The monoisotopic (exact) mass is 737 g/mol. The van der Waals surface area contributed by atoms with Gasteiger partial charge in [0.15, 0.2) is 6.10 Å². The lowest BCUT2D eigenvalue weighted by Crippen LogP contribution is -2.48. The van der Waals surface area contributed by atoms with E-state index in [1.807, 2.05) is 62.4 Å². The number of hydrogen-bond donors (Lipinski definition) is 3. The van der Waals surface area contributed by atoms with Gasteiger partial charge in [0.05, 0.1) is 5.69 Å². The summed E-state index contributed by atoms with van der Waals surface area (Å²) in [5, 5.41) is 10.4. The molecule has 0 radical (unpaired) electrons. The number of pyridine rings is 1. The van der Waals surface area contributed by atoms with Crippen LogP contribution in [0, 0.1) is 5.92 Å². The number of esters is 3. The highest BCUT2D eigenvalue weighted by molar-refractivity contribution is 5.67. The smallest absolute Gasteiger partial charge is 0.303 e. The second-order valence-corrected chi connectivity index (χ2v) is 14.4. The van der Waals surface area contributed by atoms with Gasteiger partial charge in [-0.25, -0.2) is 0 Å². The van der Waals surface area contributed by atoms with Gasteiger partial charge >= 0.3 is 17.9 Å². The van der Waals surface area contributed by atoms with E-state index < -0.39 is 0 Å². The average molecular weight is 737 g/mol. The molecule has 2 aromatic rings. The van der Waals surface area contributed by atoms with Crippen molar-refractivity contribution >= 4 is 17.9 Å². The van der Waals surface area contributed by atoms with Crippen molar-refractivity contribution in [3.63, 3.8) is 0 Å². The maximum atomic E-state index is 11.3. The van der Waals surface area contributed by atoms with Gasteiger partial charge in [-0.2, -0.15) is 0 Å². The lowest BCUT2D eigenvalue weighted by atomic mass is 9.81. The van der Waals surface area contributed by atoms with Gasteiger partial charge in [0.1, 0.15) is 12.2 Å². The molecule has 1 saturated carbocycles. The van der Waals surface area contributed by atoms with Crippen molar-refractivity contribution in [1.82, 2.24) is 20.9 Å². The van der Waals surface area contributed by atoms with Crippen LogP contribution >= 0.6 is 0 Å². The fraction of sp³-hybridized carbons (Fsp3) is 0.674. The van der Waals surface area contributed by atoms with Crippen molar-refractivity contribution in [1.29, 1.82) is 0 Å². The molecule has 10 heteroatoms. The second-order valence-electron chi connectivity index (χ2n) is 14.4. The number of aromatic nitrogens is 1. The molecule has 3 saturated heterocycles. The van der Waals surface area contributed by atoms with E-state index in [1.54, 1.807) is 13.1 Å². The highest BCUT2D eigenvalue weighted by Gasteiger charge is 2.34. The highest BCUT2D eigenvalue weighted by Crippen LogP contribution is 2.32. The maximum absolute atomic E-state index is 11.3. The Kier molecular flexibility index (Phi) is 21.3. The zero-order valence-corrected chi connectivity index (χ0v) is 33.2. The van der Waals surface area contributed by atoms with Crippen LogP contribution in [0.4, 0.5) is 0 Å². The van der Waals surface area contributed by atoms with Gasteiger partial charge in [-0.1, -0.05) is 88.8 Å². The van der Waals surface area contributed by atoms with Gasteiger partial charge < -0.3 is 30.2 Å². The molecule has 296 valence electrons. The third kappa shape index (κ3) is 16.3. The minimum absolute atomic E-state index is 0.118. The van der Waals surface area contributed by atoms with Crippen LogP contribution in [-0.4, -0.2) is 66.8 Å². The normalized spacial score (nSPS) is 23.3. The first-order valence-electron chi connectivity index (χ1n) is 20.5. The van der Waals surface area contributed by atoms with Crippen LogP contribution < -0.4 is 16.0 Å². The molecule has 0 amide bonds. The van der Waals surface area contributed by atoms with Crippen molar-refractivity contribution in [2.24, 2.45) is 5.92 Å². The van der Waals surface area contributed by atoms with E-state index in [-0.39, 0.29) is 48.3 Å². The van der Waals surface area contributed by atoms with E-state index in [4.69, 9.17) is 14.2 Å². The summed E-state index contributed by atoms with van der Waals surface area (Å²) in [7, 11) is 0. The Bertz CT molecular complexity index is 1180. The Morgan fingerprint density at radius 3 is 1.51 bits per heavy atom. The first kappa shape index (κ1) is 44.1. The summed E-state index contributed by atoms with van der Waals surface area (Å²) in [5.41, 5.74) is 1.89. The SMILES string of the molecule is CC.CC(=O)OC(C1CCCCC1)C1CCCCN1.CC(=O)OC(c1ccccc1)C1CCCCN1.CC(=O)OC(c1ccccn1)C1CCCCN1. The van der Waals surface area contributed by atoms with Crippen LogP contribution in [0.25, 0.3) is 0 Å². The van der Waals surface area contributed by atoms with Gasteiger partial charge in [0.2, 0.25) is 0 Å². The minimum Gasteiger partial charge on any atom is -0.461 e. The molecule has 3 N–H and O–H groups in total. The molecule has 4 fully saturated rings. The quantitative estimate of drug-likeness (QED) is 0.173. The fourth-order valence-corrected chi connectivity index (χ4v) is 7.87. The molecule has 10 nitrogen and oxygen atoms in total. The lowest BCUT2D eigenvalue weighted by molar-refractivity contribution is -0.152. The molecule has 0 spiro atoms. The number of rotatable bonds is 9. The third-order valence-corrected chi connectivity index (χ3v) is 10.3. The largest absolute Gasteiger partial charge is 0.461 e. The molecule has 6 unspecified atom stereocenters. The number of piperidine rings is 3. The summed E-state index contributed by atoms with van der Waals surface area (Å²) >= 11 is 0. The first-order valence-corrected chi connectivity index (χ1v) is 20.5. The Morgan fingerprint density at radius 2 is 1.04 bits per heavy atom. The second kappa shape index (κ2) is 25.6. The fourth-order valence-electron chi connectivity index (χ4n) is 7.87. The molecule has 1 aliphatic carbocycles. The summed E-state index contributed by atoms with van der Waals surface area (Å²) < 4.78 is 16.5. The van der Waals surface area contributed by atoms with Crippen LogP contribution in [-0.2, 0) is 28.6 Å². The van der Waals surface area contributed by atoms with E-state index in [9.17, 15) is 14.4 Å². The summed E-state index contributed by atoms with van der Waals surface area (Å²) in [6.07, 6.45) is 18.4. The van der Waals surface area contributed by atoms with E-state index in [1.165, 1.54) is 84.5 Å². The average Bonchev–Trinajstić information content (AvgIpc) is 3.21. The number of carbonyl (C=O) groups excluding carboxylic acids is 3. The molecule has 53 heavy (non-hydrogen) atoms. The number of nitrogens with zero attached hydrogens (tertiary/aromatic N) is 1. The molecule has 3 aliphatic heterocycles. The van der Waals surface area contributed by atoms with Gasteiger partial charge in [0, 0.05) is 45.1 Å².